The number of carbonyl (C=O) groups is 1. The molecule has 2 heterocycles. The van der Waals surface area contributed by atoms with Crippen LogP contribution in [0.1, 0.15) is 52.4 Å². The molecule has 0 spiro atoms. The molecule has 1 aromatic carbocycles. The van der Waals surface area contributed by atoms with Crippen molar-refractivity contribution in [3.05, 3.63) is 24.3 Å². The fraction of sp³-hybridized carbons (Fsp3) is 0.708. The maximum Gasteiger partial charge on any atom is 0.222 e. The average molecular weight is 402 g/mol. The molecule has 29 heavy (non-hydrogen) atoms. The highest BCUT2D eigenvalue weighted by molar-refractivity contribution is 5.76. The van der Waals surface area contributed by atoms with Crippen molar-refractivity contribution in [1.29, 1.82) is 0 Å². The van der Waals surface area contributed by atoms with Crippen molar-refractivity contribution in [3.8, 4) is 5.75 Å². The number of unbranched alkanes of at least 4 members (excludes halogenated alkanes) is 2. The van der Waals surface area contributed by atoms with Gasteiger partial charge in [0, 0.05) is 45.7 Å². The first-order valence-electron chi connectivity index (χ1n) is 11.4. The molecule has 0 atom stereocenters. The van der Waals surface area contributed by atoms with Crippen LogP contribution < -0.4 is 9.64 Å². The molecule has 162 valence electrons. The summed E-state index contributed by atoms with van der Waals surface area (Å²) in [6, 6.07) is 8.30. The number of anilines is 1. The molecular weight excluding hydrogens is 362 g/mol. The Bertz CT molecular complexity index is 653. The van der Waals surface area contributed by atoms with Gasteiger partial charge in [-0.2, -0.15) is 0 Å². The highest BCUT2D eigenvalue weighted by Gasteiger charge is 2.27. The van der Waals surface area contributed by atoms with E-state index >= 15 is 0 Å². The van der Waals surface area contributed by atoms with Crippen molar-refractivity contribution < 1.29 is 9.53 Å². The molecule has 1 aromatic rings. The molecule has 2 aliphatic heterocycles. The average Bonchev–Trinajstić information content (AvgIpc) is 2.86. The maximum absolute atomic E-state index is 12.3. The highest BCUT2D eigenvalue weighted by Crippen LogP contribution is 2.30. The molecule has 0 N–H and O–H groups in total. The molecule has 0 unspecified atom stereocenters. The predicted octanol–water partition coefficient (Wildman–Crippen LogP) is 4.03. The molecule has 0 aliphatic carbocycles. The van der Waals surface area contributed by atoms with Gasteiger partial charge in [0.05, 0.1) is 12.8 Å². The van der Waals surface area contributed by atoms with Crippen molar-refractivity contribution in [1.82, 2.24) is 9.80 Å². The first kappa shape index (κ1) is 21.9. The van der Waals surface area contributed by atoms with Crippen LogP contribution in [0.4, 0.5) is 5.69 Å². The zero-order chi connectivity index (χ0) is 20.7. The smallest absolute Gasteiger partial charge is 0.222 e. The van der Waals surface area contributed by atoms with Crippen LogP contribution in [0.5, 0.6) is 5.75 Å². The number of hydrogen-bond acceptors (Lipinski definition) is 4. The van der Waals surface area contributed by atoms with E-state index in [0.29, 0.717) is 11.3 Å². The normalized spacial score (nSPS) is 20.6. The standard InChI is InChI=1S/C24H39N3O2/c1-24(2)12-11-23(28)27(16-13-24)15-8-4-7-14-25-17-19-26(20-18-25)21-9-5-6-10-22(21)29-3/h5-6,9-10H,4,7-8,11-20H2,1-3H3. The second-order valence-corrected chi connectivity index (χ2v) is 9.36. The first-order valence-corrected chi connectivity index (χ1v) is 11.4. The van der Waals surface area contributed by atoms with Crippen LogP contribution in [0.25, 0.3) is 0 Å². The molecule has 0 saturated carbocycles. The molecule has 1 amide bonds. The van der Waals surface area contributed by atoms with Gasteiger partial charge in [0.25, 0.3) is 0 Å². The van der Waals surface area contributed by atoms with Crippen LogP contribution in [0.3, 0.4) is 0 Å². The molecule has 2 aliphatic rings. The van der Waals surface area contributed by atoms with Gasteiger partial charge in [0.2, 0.25) is 5.91 Å². The fourth-order valence-electron chi connectivity index (χ4n) is 4.45. The van der Waals surface area contributed by atoms with E-state index in [2.05, 4.69) is 40.7 Å². The number of likely N-dealkylation sites (tertiary alicyclic amines) is 1. The lowest BCUT2D eigenvalue weighted by atomic mass is 9.85. The third-order valence-corrected chi connectivity index (χ3v) is 6.63. The number of hydrogen-bond donors (Lipinski definition) is 0. The topological polar surface area (TPSA) is 36.0 Å². The number of methoxy groups -OCH3 is 1. The van der Waals surface area contributed by atoms with E-state index in [1.165, 1.54) is 25.1 Å². The zero-order valence-corrected chi connectivity index (χ0v) is 18.7. The number of ether oxygens (including phenoxy) is 1. The second kappa shape index (κ2) is 10.3. The highest BCUT2D eigenvalue weighted by atomic mass is 16.5. The summed E-state index contributed by atoms with van der Waals surface area (Å²) < 4.78 is 5.51. The van der Waals surface area contributed by atoms with E-state index < -0.39 is 0 Å². The number of amides is 1. The van der Waals surface area contributed by atoms with E-state index in [0.717, 1.165) is 70.7 Å². The number of carbonyl (C=O) groups excluding carboxylic acids is 1. The van der Waals surface area contributed by atoms with E-state index in [4.69, 9.17) is 4.74 Å². The number of rotatable bonds is 8. The second-order valence-electron chi connectivity index (χ2n) is 9.36. The summed E-state index contributed by atoms with van der Waals surface area (Å²) >= 11 is 0. The summed E-state index contributed by atoms with van der Waals surface area (Å²) in [6.07, 6.45) is 6.46. The maximum atomic E-state index is 12.3. The minimum atomic E-state index is 0.316. The summed E-state index contributed by atoms with van der Waals surface area (Å²) in [6.45, 7) is 12.0. The lowest BCUT2D eigenvalue weighted by molar-refractivity contribution is -0.130. The first-order chi connectivity index (χ1) is 14.0. The fourth-order valence-corrected chi connectivity index (χ4v) is 4.45. The minimum Gasteiger partial charge on any atom is -0.495 e. The lowest BCUT2D eigenvalue weighted by Gasteiger charge is -2.36. The van der Waals surface area contributed by atoms with Crippen LogP contribution in [0, 0.1) is 5.41 Å². The summed E-state index contributed by atoms with van der Waals surface area (Å²) in [4.78, 5) is 19.4. The summed E-state index contributed by atoms with van der Waals surface area (Å²) in [5.41, 5.74) is 1.52. The molecule has 3 rings (SSSR count). The van der Waals surface area contributed by atoms with Gasteiger partial charge in [0.15, 0.2) is 0 Å². The lowest BCUT2D eigenvalue weighted by Crippen LogP contribution is -2.46. The van der Waals surface area contributed by atoms with Crippen LogP contribution >= 0.6 is 0 Å². The minimum absolute atomic E-state index is 0.316. The summed E-state index contributed by atoms with van der Waals surface area (Å²) in [7, 11) is 1.75. The largest absolute Gasteiger partial charge is 0.495 e. The van der Waals surface area contributed by atoms with Crippen LogP contribution in [-0.4, -0.2) is 68.6 Å². The Kier molecular flexibility index (Phi) is 7.82. The van der Waals surface area contributed by atoms with E-state index in [9.17, 15) is 4.79 Å². The van der Waals surface area contributed by atoms with Gasteiger partial charge >= 0.3 is 0 Å². The Labute approximate surface area is 177 Å². The third kappa shape index (κ3) is 6.36. The molecule has 5 nitrogen and oxygen atoms in total. The monoisotopic (exact) mass is 401 g/mol. The quantitative estimate of drug-likeness (QED) is 0.616. The van der Waals surface area contributed by atoms with Gasteiger partial charge in [-0.1, -0.05) is 32.4 Å². The molecule has 5 heteroatoms. The molecule has 0 aromatic heterocycles. The number of nitrogens with zero attached hydrogens (tertiary/aromatic N) is 3. The Hall–Kier alpha value is -1.75. The van der Waals surface area contributed by atoms with Crippen LogP contribution in [0.15, 0.2) is 24.3 Å². The van der Waals surface area contributed by atoms with Crippen molar-refractivity contribution in [3.63, 3.8) is 0 Å². The SMILES string of the molecule is COc1ccccc1N1CCN(CCCCCN2CCC(C)(C)CCC2=O)CC1. The van der Waals surface area contributed by atoms with Gasteiger partial charge in [-0.05, 0) is 49.8 Å². The Morgan fingerprint density at radius 3 is 2.41 bits per heavy atom. The molecule has 2 saturated heterocycles. The third-order valence-electron chi connectivity index (χ3n) is 6.63. The van der Waals surface area contributed by atoms with Crippen molar-refractivity contribution >= 4 is 11.6 Å². The predicted molar refractivity (Wildman–Crippen MR) is 120 cm³/mol. The van der Waals surface area contributed by atoms with Crippen molar-refractivity contribution in [2.24, 2.45) is 5.41 Å². The van der Waals surface area contributed by atoms with Gasteiger partial charge < -0.3 is 14.5 Å². The van der Waals surface area contributed by atoms with Gasteiger partial charge in [-0.25, -0.2) is 0 Å². The summed E-state index contributed by atoms with van der Waals surface area (Å²) in [5.74, 6) is 1.33. The van der Waals surface area contributed by atoms with Crippen LogP contribution in [-0.2, 0) is 4.79 Å². The molecule has 2 fully saturated rings. The Morgan fingerprint density at radius 2 is 1.66 bits per heavy atom. The van der Waals surface area contributed by atoms with Crippen molar-refractivity contribution in [2.75, 3.05) is 57.8 Å². The van der Waals surface area contributed by atoms with Gasteiger partial charge in [0.1, 0.15) is 5.75 Å². The number of piperazine rings is 1. The molecular formula is C24H39N3O2. The van der Waals surface area contributed by atoms with Crippen LogP contribution in [0.2, 0.25) is 0 Å². The number of para-hydroxylation sites is 2. The Morgan fingerprint density at radius 1 is 0.931 bits per heavy atom. The van der Waals surface area contributed by atoms with Gasteiger partial charge in [-0.15, -0.1) is 0 Å². The van der Waals surface area contributed by atoms with E-state index in [1.807, 2.05) is 12.1 Å². The molecule has 0 radical (unpaired) electrons. The van der Waals surface area contributed by atoms with Crippen molar-refractivity contribution in [2.45, 2.75) is 52.4 Å². The van der Waals surface area contributed by atoms with E-state index in [-0.39, 0.29) is 0 Å². The number of benzene rings is 1. The zero-order valence-electron chi connectivity index (χ0n) is 18.7. The van der Waals surface area contributed by atoms with Gasteiger partial charge in [-0.3, -0.25) is 9.69 Å². The van der Waals surface area contributed by atoms with E-state index in [1.54, 1.807) is 7.11 Å². The Balaban J connectivity index is 1.32. The summed E-state index contributed by atoms with van der Waals surface area (Å²) in [5, 5.41) is 0. The molecule has 0 bridgehead atoms.